The molecular formula is C19H21N3O3. The number of nitrogens with two attached hydrogens (primary N) is 1. The fourth-order valence-electron chi connectivity index (χ4n) is 2.46. The fourth-order valence-corrected chi connectivity index (χ4v) is 2.46. The second-order valence-electron chi connectivity index (χ2n) is 5.82. The van der Waals surface area contributed by atoms with Gasteiger partial charge in [0.2, 0.25) is 11.8 Å². The SMILES string of the molecule is CC(=O)Nc1cccc(C(=O)N[C@H](Cc2ccccc2C)C(N)=O)c1. The van der Waals surface area contributed by atoms with E-state index in [4.69, 9.17) is 5.73 Å². The van der Waals surface area contributed by atoms with Crippen LogP contribution in [0.1, 0.15) is 28.4 Å². The van der Waals surface area contributed by atoms with Crippen LogP contribution in [-0.2, 0) is 16.0 Å². The zero-order valence-corrected chi connectivity index (χ0v) is 14.2. The molecule has 0 aromatic heterocycles. The van der Waals surface area contributed by atoms with Gasteiger partial charge in [-0.3, -0.25) is 14.4 Å². The standard InChI is InChI=1S/C19H21N3O3/c1-12-6-3-4-7-14(12)11-17(18(20)24)22-19(25)15-8-5-9-16(10-15)21-13(2)23/h3-10,17H,11H2,1-2H3,(H2,20,24)(H,21,23)(H,22,25)/t17-/m1/s1. The van der Waals surface area contributed by atoms with Crippen LogP contribution in [0.4, 0.5) is 5.69 Å². The minimum absolute atomic E-state index is 0.230. The van der Waals surface area contributed by atoms with Gasteiger partial charge in [0.05, 0.1) is 0 Å². The first-order valence-corrected chi connectivity index (χ1v) is 7.89. The first-order valence-electron chi connectivity index (χ1n) is 7.89. The molecule has 6 nitrogen and oxygen atoms in total. The lowest BCUT2D eigenvalue weighted by atomic mass is 10.0. The van der Waals surface area contributed by atoms with Gasteiger partial charge in [0.25, 0.3) is 5.91 Å². The van der Waals surface area contributed by atoms with Crippen LogP contribution in [0.2, 0.25) is 0 Å². The summed E-state index contributed by atoms with van der Waals surface area (Å²) >= 11 is 0. The highest BCUT2D eigenvalue weighted by Gasteiger charge is 2.20. The zero-order valence-electron chi connectivity index (χ0n) is 14.2. The first-order chi connectivity index (χ1) is 11.9. The van der Waals surface area contributed by atoms with Crippen LogP contribution in [0.25, 0.3) is 0 Å². The maximum Gasteiger partial charge on any atom is 0.252 e. The van der Waals surface area contributed by atoms with E-state index in [1.54, 1.807) is 24.3 Å². The number of carbonyl (C=O) groups excluding carboxylic acids is 3. The highest BCUT2D eigenvalue weighted by atomic mass is 16.2. The summed E-state index contributed by atoms with van der Waals surface area (Å²) in [6.45, 7) is 3.32. The highest BCUT2D eigenvalue weighted by Crippen LogP contribution is 2.13. The minimum atomic E-state index is -0.821. The summed E-state index contributed by atoms with van der Waals surface area (Å²) in [7, 11) is 0. The van der Waals surface area contributed by atoms with Crippen molar-refractivity contribution in [2.24, 2.45) is 5.73 Å². The first kappa shape index (κ1) is 18.2. The predicted molar refractivity (Wildman–Crippen MR) is 96.1 cm³/mol. The Morgan fingerprint density at radius 2 is 1.80 bits per heavy atom. The van der Waals surface area contributed by atoms with E-state index in [0.29, 0.717) is 17.7 Å². The van der Waals surface area contributed by atoms with E-state index in [0.717, 1.165) is 11.1 Å². The maximum absolute atomic E-state index is 12.4. The molecule has 3 amide bonds. The van der Waals surface area contributed by atoms with Crippen molar-refractivity contribution < 1.29 is 14.4 Å². The van der Waals surface area contributed by atoms with Crippen molar-refractivity contribution in [2.75, 3.05) is 5.32 Å². The number of hydrogen-bond acceptors (Lipinski definition) is 3. The molecule has 0 bridgehead atoms. The molecule has 0 aliphatic rings. The number of rotatable bonds is 6. The fraction of sp³-hybridized carbons (Fsp3) is 0.211. The molecule has 2 aromatic rings. The molecule has 0 aliphatic carbocycles. The normalized spacial score (nSPS) is 11.4. The largest absolute Gasteiger partial charge is 0.368 e. The molecule has 6 heteroatoms. The van der Waals surface area contributed by atoms with Crippen molar-refractivity contribution in [2.45, 2.75) is 26.3 Å². The monoisotopic (exact) mass is 339 g/mol. The van der Waals surface area contributed by atoms with Crippen molar-refractivity contribution >= 4 is 23.4 Å². The molecular weight excluding hydrogens is 318 g/mol. The molecule has 4 N–H and O–H groups in total. The van der Waals surface area contributed by atoms with Crippen molar-refractivity contribution in [1.29, 1.82) is 0 Å². The Morgan fingerprint density at radius 1 is 1.08 bits per heavy atom. The van der Waals surface area contributed by atoms with E-state index in [9.17, 15) is 14.4 Å². The van der Waals surface area contributed by atoms with Gasteiger partial charge in [0.1, 0.15) is 6.04 Å². The molecule has 25 heavy (non-hydrogen) atoms. The number of carbonyl (C=O) groups is 3. The molecule has 0 unspecified atom stereocenters. The van der Waals surface area contributed by atoms with Crippen LogP contribution < -0.4 is 16.4 Å². The van der Waals surface area contributed by atoms with Crippen LogP contribution in [0.5, 0.6) is 0 Å². The topological polar surface area (TPSA) is 101 Å². The molecule has 0 saturated carbocycles. The van der Waals surface area contributed by atoms with E-state index in [2.05, 4.69) is 10.6 Å². The molecule has 0 aliphatic heterocycles. The van der Waals surface area contributed by atoms with E-state index >= 15 is 0 Å². The lowest BCUT2D eigenvalue weighted by Crippen LogP contribution is -2.46. The molecule has 130 valence electrons. The van der Waals surface area contributed by atoms with E-state index in [1.807, 2.05) is 31.2 Å². The third-order valence-corrected chi connectivity index (χ3v) is 3.78. The van der Waals surface area contributed by atoms with Crippen LogP contribution in [0.15, 0.2) is 48.5 Å². The van der Waals surface area contributed by atoms with Crippen molar-refractivity contribution in [1.82, 2.24) is 5.32 Å². The number of benzene rings is 2. The summed E-state index contributed by atoms with van der Waals surface area (Å²) in [5, 5.41) is 5.28. The lowest BCUT2D eigenvalue weighted by Gasteiger charge is -2.17. The van der Waals surface area contributed by atoms with Gasteiger partial charge in [-0.2, -0.15) is 0 Å². The van der Waals surface area contributed by atoms with E-state index in [-0.39, 0.29) is 5.91 Å². The molecule has 0 spiro atoms. The van der Waals surface area contributed by atoms with Gasteiger partial charge in [-0.05, 0) is 36.2 Å². The smallest absolute Gasteiger partial charge is 0.252 e. The molecule has 1 atom stereocenters. The third kappa shape index (κ3) is 5.17. The number of anilines is 1. The minimum Gasteiger partial charge on any atom is -0.368 e. The average Bonchev–Trinajstić information content (AvgIpc) is 2.55. The zero-order chi connectivity index (χ0) is 18.4. The van der Waals surface area contributed by atoms with Gasteiger partial charge in [-0.25, -0.2) is 0 Å². The lowest BCUT2D eigenvalue weighted by molar-refractivity contribution is -0.119. The molecule has 2 aromatic carbocycles. The summed E-state index contributed by atoms with van der Waals surface area (Å²) in [4.78, 5) is 35.3. The molecule has 0 radical (unpaired) electrons. The Hall–Kier alpha value is -3.15. The quantitative estimate of drug-likeness (QED) is 0.747. The number of aryl methyl sites for hydroxylation is 1. The third-order valence-electron chi connectivity index (χ3n) is 3.78. The van der Waals surface area contributed by atoms with Gasteiger partial charge in [-0.1, -0.05) is 30.3 Å². The number of primary amides is 1. The van der Waals surface area contributed by atoms with Crippen LogP contribution >= 0.6 is 0 Å². The van der Waals surface area contributed by atoms with Gasteiger partial charge in [0.15, 0.2) is 0 Å². The number of amides is 3. The van der Waals surface area contributed by atoms with Crippen molar-refractivity contribution in [3.63, 3.8) is 0 Å². The summed E-state index contributed by atoms with van der Waals surface area (Å²) in [5.41, 5.74) is 8.26. The second kappa shape index (κ2) is 8.10. The Kier molecular flexibility index (Phi) is 5.89. The molecule has 0 saturated heterocycles. The van der Waals surface area contributed by atoms with Crippen LogP contribution in [-0.4, -0.2) is 23.8 Å². The summed E-state index contributed by atoms with van der Waals surface area (Å²) in [6.07, 6.45) is 0.319. The van der Waals surface area contributed by atoms with Crippen molar-refractivity contribution in [3.05, 3.63) is 65.2 Å². The van der Waals surface area contributed by atoms with Crippen LogP contribution in [0, 0.1) is 6.92 Å². The number of hydrogen-bond donors (Lipinski definition) is 3. The van der Waals surface area contributed by atoms with Gasteiger partial charge < -0.3 is 16.4 Å². The van der Waals surface area contributed by atoms with Gasteiger partial charge in [0, 0.05) is 24.6 Å². The second-order valence-corrected chi connectivity index (χ2v) is 5.82. The van der Waals surface area contributed by atoms with E-state index < -0.39 is 17.9 Å². The van der Waals surface area contributed by atoms with Crippen molar-refractivity contribution in [3.8, 4) is 0 Å². The average molecular weight is 339 g/mol. The summed E-state index contributed by atoms with van der Waals surface area (Å²) in [6, 6.07) is 13.3. The number of nitrogens with one attached hydrogen (secondary N) is 2. The van der Waals surface area contributed by atoms with Crippen LogP contribution in [0.3, 0.4) is 0 Å². The van der Waals surface area contributed by atoms with Gasteiger partial charge in [-0.15, -0.1) is 0 Å². The summed E-state index contributed by atoms with van der Waals surface area (Å²) < 4.78 is 0. The van der Waals surface area contributed by atoms with Gasteiger partial charge >= 0.3 is 0 Å². The summed E-state index contributed by atoms with van der Waals surface area (Å²) in [5.74, 6) is -1.26. The Bertz CT molecular complexity index is 802. The highest BCUT2D eigenvalue weighted by molar-refractivity contribution is 5.99. The maximum atomic E-state index is 12.4. The Balaban J connectivity index is 2.14. The Labute approximate surface area is 146 Å². The molecule has 2 rings (SSSR count). The van der Waals surface area contributed by atoms with E-state index in [1.165, 1.54) is 6.92 Å². The molecule has 0 heterocycles. The molecule has 0 fully saturated rings. The Morgan fingerprint density at radius 3 is 2.44 bits per heavy atom. The predicted octanol–water partition coefficient (Wildman–Crippen LogP) is 1.78.